The normalized spacial score (nSPS) is 21.1. The van der Waals surface area contributed by atoms with Crippen LogP contribution in [0.2, 0.25) is 0 Å². The molecule has 2 aromatic rings. The van der Waals surface area contributed by atoms with Gasteiger partial charge in [-0.3, -0.25) is 0 Å². The fraction of sp³-hybridized carbons (Fsp3) is 0.400. The van der Waals surface area contributed by atoms with E-state index in [-0.39, 0.29) is 0 Å². The smallest absolute Gasteiger partial charge is 0.119 e. The third-order valence-electron chi connectivity index (χ3n) is 4.81. The maximum Gasteiger partial charge on any atom is 0.119 e. The summed E-state index contributed by atoms with van der Waals surface area (Å²) in [6.07, 6.45) is 5.31. The van der Waals surface area contributed by atoms with Gasteiger partial charge in [0.15, 0.2) is 0 Å². The topological polar surface area (TPSA) is 61.3 Å². The number of benzene rings is 2. The fourth-order valence-electron chi connectivity index (χ4n) is 3.43. The van der Waals surface area contributed by atoms with Crippen molar-refractivity contribution in [1.29, 1.82) is 0 Å². The van der Waals surface area contributed by atoms with Crippen molar-refractivity contribution in [3.05, 3.63) is 53.6 Å². The van der Waals surface area contributed by atoms with Crippen molar-refractivity contribution in [3.8, 4) is 5.75 Å². The summed E-state index contributed by atoms with van der Waals surface area (Å²) in [5.41, 5.74) is 15.4. The van der Waals surface area contributed by atoms with Crippen LogP contribution < -0.4 is 16.2 Å². The Kier molecular flexibility index (Phi) is 4.75. The van der Waals surface area contributed by atoms with Crippen LogP contribution in [0.15, 0.2) is 42.5 Å². The van der Waals surface area contributed by atoms with E-state index in [1.807, 2.05) is 12.1 Å². The first-order valence-corrected chi connectivity index (χ1v) is 8.48. The standard InChI is InChI=1S/C20H26N2O/c1-14-2-4-16(5-3-14)17-6-8-20(9-7-17)23-13-15-10-18(21)12-19(22)11-15/h6-12,14,16H,2-5,13,21-22H2,1H3. The van der Waals surface area contributed by atoms with Crippen LogP contribution in [0.3, 0.4) is 0 Å². The Bertz CT molecular complexity index is 623. The molecule has 1 aliphatic carbocycles. The van der Waals surface area contributed by atoms with Crippen molar-refractivity contribution < 1.29 is 4.74 Å². The van der Waals surface area contributed by atoms with Crippen LogP contribution in [0.1, 0.15) is 49.7 Å². The van der Waals surface area contributed by atoms with Crippen molar-refractivity contribution in [1.82, 2.24) is 0 Å². The molecule has 23 heavy (non-hydrogen) atoms. The van der Waals surface area contributed by atoms with E-state index in [9.17, 15) is 0 Å². The molecule has 0 atom stereocenters. The Balaban J connectivity index is 1.59. The lowest BCUT2D eigenvalue weighted by Crippen LogP contribution is -2.10. The van der Waals surface area contributed by atoms with Gasteiger partial charge in [0.2, 0.25) is 0 Å². The highest BCUT2D eigenvalue weighted by Crippen LogP contribution is 2.36. The second kappa shape index (κ2) is 6.95. The molecule has 3 heteroatoms. The second-order valence-corrected chi connectivity index (χ2v) is 6.82. The lowest BCUT2D eigenvalue weighted by atomic mass is 9.79. The van der Waals surface area contributed by atoms with E-state index in [1.54, 1.807) is 6.07 Å². The van der Waals surface area contributed by atoms with Crippen molar-refractivity contribution in [2.24, 2.45) is 5.92 Å². The molecular formula is C20H26N2O. The van der Waals surface area contributed by atoms with Gasteiger partial charge in [-0.2, -0.15) is 0 Å². The lowest BCUT2D eigenvalue weighted by molar-refractivity contribution is 0.306. The quantitative estimate of drug-likeness (QED) is 0.803. The molecule has 3 rings (SSSR count). The summed E-state index contributed by atoms with van der Waals surface area (Å²) in [5, 5.41) is 0. The van der Waals surface area contributed by atoms with Gasteiger partial charge in [-0.15, -0.1) is 0 Å². The molecule has 3 nitrogen and oxygen atoms in total. The average molecular weight is 310 g/mol. The molecule has 0 amide bonds. The highest BCUT2D eigenvalue weighted by molar-refractivity contribution is 5.54. The molecule has 1 saturated carbocycles. The van der Waals surface area contributed by atoms with Crippen molar-refractivity contribution in [3.63, 3.8) is 0 Å². The van der Waals surface area contributed by atoms with Crippen LogP contribution in [-0.2, 0) is 6.61 Å². The highest BCUT2D eigenvalue weighted by Gasteiger charge is 2.19. The van der Waals surface area contributed by atoms with Crippen LogP contribution >= 0.6 is 0 Å². The summed E-state index contributed by atoms with van der Waals surface area (Å²) in [6, 6.07) is 14.1. The molecule has 0 aliphatic heterocycles. The highest BCUT2D eigenvalue weighted by atomic mass is 16.5. The van der Waals surface area contributed by atoms with Crippen molar-refractivity contribution in [2.75, 3.05) is 11.5 Å². The van der Waals surface area contributed by atoms with Gasteiger partial charge < -0.3 is 16.2 Å². The minimum absolute atomic E-state index is 0.482. The van der Waals surface area contributed by atoms with E-state index < -0.39 is 0 Å². The average Bonchev–Trinajstić information content (AvgIpc) is 2.53. The molecule has 1 aliphatic rings. The van der Waals surface area contributed by atoms with Crippen LogP contribution in [0.4, 0.5) is 11.4 Å². The van der Waals surface area contributed by atoms with Gasteiger partial charge in [0.1, 0.15) is 12.4 Å². The molecule has 0 spiro atoms. The van der Waals surface area contributed by atoms with Crippen LogP contribution in [0.25, 0.3) is 0 Å². The minimum Gasteiger partial charge on any atom is -0.489 e. The molecule has 0 radical (unpaired) electrons. The zero-order valence-electron chi connectivity index (χ0n) is 13.8. The molecule has 0 unspecified atom stereocenters. The van der Waals surface area contributed by atoms with Crippen LogP contribution in [-0.4, -0.2) is 0 Å². The molecule has 122 valence electrons. The zero-order chi connectivity index (χ0) is 16.2. The maximum absolute atomic E-state index is 5.85. The van der Waals surface area contributed by atoms with Gasteiger partial charge in [-0.05, 0) is 66.1 Å². The molecule has 0 saturated heterocycles. The summed E-state index contributed by atoms with van der Waals surface area (Å²) in [4.78, 5) is 0. The molecule has 0 bridgehead atoms. The van der Waals surface area contributed by atoms with Gasteiger partial charge >= 0.3 is 0 Å². The van der Waals surface area contributed by atoms with E-state index in [2.05, 4.69) is 31.2 Å². The summed E-state index contributed by atoms with van der Waals surface area (Å²) in [6.45, 7) is 2.84. The fourth-order valence-corrected chi connectivity index (χ4v) is 3.43. The number of nitrogens with two attached hydrogens (primary N) is 2. The number of anilines is 2. The van der Waals surface area contributed by atoms with Gasteiger partial charge in [-0.1, -0.05) is 31.9 Å². The number of nitrogen functional groups attached to an aromatic ring is 2. The predicted molar refractivity (Wildman–Crippen MR) is 96.4 cm³/mol. The molecule has 1 fully saturated rings. The largest absolute Gasteiger partial charge is 0.489 e. The first-order chi connectivity index (χ1) is 11.1. The summed E-state index contributed by atoms with van der Waals surface area (Å²) in [7, 11) is 0. The first-order valence-electron chi connectivity index (χ1n) is 8.48. The molecule has 0 heterocycles. The third kappa shape index (κ3) is 4.19. The Labute approximate surface area is 138 Å². The number of hydrogen-bond acceptors (Lipinski definition) is 3. The van der Waals surface area contributed by atoms with Crippen LogP contribution in [0.5, 0.6) is 5.75 Å². The summed E-state index contributed by atoms with van der Waals surface area (Å²) < 4.78 is 5.85. The van der Waals surface area contributed by atoms with E-state index in [4.69, 9.17) is 16.2 Å². The van der Waals surface area contributed by atoms with E-state index in [0.29, 0.717) is 23.9 Å². The predicted octanol–water partition coefficient (Wildman–Crippen LogP) is 4.72. The monoisotopic (exact) mass is 310 g/mol. The lowest BCUT2D eigenvalue weighted by Gasteiger charge is -2.26. The van der Waals surface area contributed by atoms with Gasteiger partial charge in [-0.25, -0.2) is 0 Å². The SMILES string of the molecule is CC1CCC(c2ccc(OCc3cc(N)cc(N)c3)cc2)CC1. The van der Waals surface area contributed by atoms with Gasteiger partial charge in [0.05, 0.1) is 0 Å². The molecule has 2 aromatic carbocycles. The van der Waals surface area contributed by atoms with E-state index >= 15 is 0 Å². The first kappa shape index (κ1) is 15.7. The Hall–Kier alpha value is -2.16. The molecule has 4 N–H and O–H groups in total. The maximum atomic E-state index is 5.85. The third-order valence-corrected chi connectivity index (χ3v) is 4.81. The van der Waals surface area contributed by atoms with E-state index in [1.165, 1.54) is 31.2 Å². The van der Waals surface area contributed by atoms with Gasteiger partial charge in [0, 0.05) is 11.4 Å². The van der Waals surface area contributed by atoms with Crippen molar-refractivity contribution in [2.45, 2.75) is 45.1 Å². The molecule has 0 aromatic heterocycles. The zero-order valence-corrected chi connectivity index (χ0v) is 13.8. The number of rotatable bonds is 4. The molecular weight excluding hydrogens is 284 g/mol. The Morgan fingerprint density at radius 1 is 0.913 bits per heavy atom. The minimum atomic E-state index is 0.482. The van der Waals surface area contributed by atoms with E-state index in [0.717, 1.165) is 17.2 Å². The van der Waals surface area contributed by atoms with Gasteiger partial charge in [0.25, 0.3) is 0 Å². The summed E-state index contributed by atoms with van der Waals surface area (Å²) >= 11 is 0. The van der Waals surface area contributed by atoms with Crippen molar-refractivity contribution >= 4 is 11.4 Å². The second-order valence-electron chi connectivity index (χ2n) is 6.82. The Morgan fingerprint density at radius 2 is 1.52 bits per heavy atom. The summed E-state index contributed by atoms with van der Waals surface area (Å²) in [5.74, 6) is 2.49. The Morgan fingerprint density at radius 3 is 2.13 bits per heavy atom. The number of ether oxygens (including phenoxy) is 1. The number of hydrogen-bond donors (Lipinski definition) is 2. The van der Waals surface area contributed by atoms with Crippen LogP contribution in [0, 0.1) is 5.92 Å².